The van der Waals surface area contributed by atoms with Crippen molar-refractivity contribution in [2.24, 2.45) is 0 Å². The van der Waals surface area contributed by atoms with Gasteiger partial charge in [-0.25, -0.2) is 4.79 Å². The van der Waals surface area contributed by atoms with Gasteiger partial charge in [0.15, 0.2) is 6.61 Å². The van der Waals surface area contributed by atoms with Crippen molar-refractivity contribution >= 4 is 18.6 Å². The van der Waals surface area contributed by atoms with E-state index in [0.717, 1.165) is 4.90 Å². The third kappa shape index (κ3) is 5.07. The lowest BCUT2D eigenvalue weighted by molar-refractivity contribution is -0.157. The van der Waals surface area contributed by atoms with Gasteiger partial charge in [-0.15, -0.1) is 12.6 Å². The summed E-state index contributed by atoms with van der Waals surface area (Å²) in [6.45, 7) is 5.38. The summed E-state index contributed by atoms with van der Waals surface area (Å²) >= 11 is 4.15. The number of carbonyl (C=O) groups is 1. The molecule has 0 amide bonds. The number of hydrogen-bond acceptors (Lipinski definition) is 4. The molecule has 0 aromatic heterocycles. The number of rotatable bonds is 3. The second-order valence-corrected chi connectivity index (χ2v) is 4.89. The predicted molar refractivity (Wildman–Crippen MR) is 65.0 cm³/mol. The monoisotopic (exact) mass is 240 g/mol. The van der Waals surface area contributed by atoms with Crippen molar-refractivity contribution in [3.05, 3.63) is 24.3 Å². The summed E-state index contributed by atoms with van der Waals surface area (Å²) in [7, 11) is 0. The molecule has 0 radical (unpaired) electrons. The first-order chi connectivity index (χ1) is 7.37. The number of hydrogen-bond donors (Lipinski definition) is 1. The van der Waals surface area contributed by atoms with E-state index in [0.29, 0.717) is 5.75 Å². The van der Waals surface area contributed by atoms with Crippen LogP contribution in [-0.2, 0) is 9.53 Å². The SMILES string of the molecule is CC(C)(C)OC(=O)COc1ccc(S)cc1. The zero-order chi connectivity index (χ0) is 12.2. The van der Waals surface area contributed by atoms with Crippen LogP contribution in [0.4, 0.5) is 0 Å². The maximum Gasteiger partial charge on any atom is 0.344 e. The van der Waals surface area contributed by atoms with Crippen molar-refractivity contribution in [2.75, 3.05) is 6.61 Å². The average Bonchev–Trinajstić information content (AvgIpc) is 2.14. The first-order valence-electron chi connectivity index (χ1n) is 5.00. The van der Waals surface area contributed by atoms with E-state index in [1.165, 1.54) is 0 Å². The van der Waals surface area contributed by atoms with E-state index in [4.69, 9.17) is 9.47 Å². The van der Waals surface area contributed by atoms with Gasteiger partial charge < -0.3 is 9.47 Å². The average molecular weight is 240 g/mol. The molecule has 1 aromatic rings. The highest BCUT2D eigenvalue weighted by Gasteiger charge is 2.16. The Hall–Kier alpha value is -1.16. The summed E-state index contributed by atoms with van der Waals surface area (Å²) in [6.07, 6.45) is 0. The summed E-state index contributed by atoms with van der Waals surface area (Å²) in [5, 5.41) is 0. The molecule has 0 heterocycles. The van der Waals surface area contributed by atoms with Gasteiger partial charge in [0.05, 0.1) is 0 Å². The molecule has 0 spiro atoms. The van der Waals surface area contributed by atoms with Gasteiger partial charge in [0.2, 0.25) is 0 Å². The Labute approximate surface area is 101 Å². The molecule has 1 aromatic carbocycles. The molecule has 0 fully saturated rings. The lowest BCUT2D eigenvalue weighted by Crippen LogP contribution is -2.27. The van der Waals surface area contributed by atoms with Gasteiger partial charge in [-0.3, -0.25) is 0 Å². The Morgan fingerprint density at radius 3 is 2.31 bits per heavy atom. The molecular formula is C12H16O3S. The fourth-order valence-electron chi connectivity index (χ4n) is 1.06. The van der Waals surface area contributed by atoms with Crippen LogP contribution in [-0.4, -0.2) is 18.2 Å². The molecule has 0 atom stereocenters. The molecule has 4 heteroatoms. The molecule has 0 aliphatic carbocycles. The van der Waals surface area contributed by atoms with Crippen LogP contribution in [0.1, 0.15) is 20.8 Å². The van der Waals surface area contributed by atoms with Crippen LogP contribution in [0.5, 0.6) is 5.75 Å². The first-order valence-corrected chi connectivity index (χ1v) is 5.45. The van der Waals surface area contributed by atoms with Gasteiger partial charge in [-0.1, -0.05) is 0 Å². The van der Waals surface area contributed by atoms with Crippen molar-refractivity contribution in [2.45, 2.75) is 31.3 Å². The molecule has 0 aliphatic rings. The van der Waals surface area contributed by atoms with Crippen LogP contribution in [0.25, 0.3) is 0 Å². The molecule has 0 saturated heterocycles. The van der Waals surface area contributed by atoms with Crippen molar-refractivity contribution in [1.82, 2.24) is 0 Å². The van der Waals surface area contributed by atoms with E-state index >= 15 is 0 Å². The molecule has 88 valence electrons. The van der Waals surface area contributed by atoms with Crippen molar-refractivity contribution in [3.63, 3.8) is 0 Å². The molecule has 0 saturated carbocycles. The van der Waals surface area contributed by atoms with Crippen LogP contribution >= 0.6 is 12.6 Å². The van der Waals surface area contributed by atoms with E-state index in [9.17, 15) is 4.79 Å². The Morgan fingerprint density at radius 1 is 1.25 bits per heavy atom. The summed E-state index contributed by atoms with van der Waals surface area (Å²) in [4.78, 5) is 12.2. The molecule has 3 nitrogen and oxygen atoms in total. The lowest BCUT2D eigenvalue weighted by Gasteiger charge is -2.19. The smallest absolute Gasteiger partial charge is 0.344 e. The minimum Gasteiger partial charge on any atom is -0.482 e. The number of benzene rings is 1. The summed E-state index contributed by atoms with van der Waals surface area (Å²) in [6, 6.07) is 7.11. The molecule has 0 N–H and O–H groups in total. The van der Waals surface area contributed by atoms with E-state index < -0.39 is 5.60 Å². The summed E-state index contributed by atoms with van der Waals surface area (Å²) in [5.74, 6) is 0.256. The van der Waals surface area contributed by atoms with Crippen molar-refractivity contribution in [3.8, 4) is 5.75 Å². The fraction of sp³-hybridized carbons (Fsp3) is 0.417. The maximum absolute atomic E-state index is 11.3. The number of thiol groups is 1. The number of esters is 1. The van der Waals surface area contributed by atoms with Gasteiger partial charge >= 0.3 is 5.97 Å². The normalized spacial score (nSPS) is 11.0. The summed E-state index contributed by atoms with van der Waals surface area (Å²) < 4.78 is 10.4. The highest BCUT2D eigenvalue weighted by molar-refractivity contribution is 7.80. The molecule has 0 bridgehead atoms. The van der Waals surface area contributed by atoms with Crippen LogP contribution < -0.4 is 4.74 Å². The van der Waals surface area contributed by atoms with Crippen molar-refractivity contribution < 1.29 is 14.3 Å². The minimum absolute atomic E-state index is 0.0802. The van der Waals surface area contributed by atoms with E-state index in [1.807, 2.05) is 20.8 Å². The molecule has 0 unspecified atom stereocenters. The quantitative estimate of drug-likeness (QED) is 0.651. The summed E-state index contributed by atoms with van der Waals surface area (Å²) in [5.41, 5.74) is -0.477. The highest BCUT2D eigenvalue weighted by Crippen LogP contribution is 2.14. The third-order valence-corrected chi connectivity index (χ3v) is 1.91. The van der Waals surface area contributed by atoms with Gasteiger partial charge in [-0.05, 0) is 45.0 Å². The van der Waals surface area contributed by atoms with Crippen LogP contribution in [0, 0.1) is 0 Å². The topological polar surface area (TPSA) is 35.5 Å². The van der Waals surface area contributed by atoms with Crippen LogP contribution in [0.3, 0.4) is 0 Å². The van der Waals surface area contributed by atoms with Gasteiger partial charge in [0.1, 0.15) is 11.4 Å². The van der Waals surface area contributed by atoms with Crippen LogP contribution in [0.2, 0.25) is 0 Å². The molecule has 0 aliphatic heterocycles. The molecular weight excluding hydrogens is 224 g/mol. The van der Waals surface area contributed by atoms with Gasteiger partial charge in [-0.2, -0.15) is 0 Å². The minimum atomic E-state index is -0.477. The zero-order valence-electron chi connectivity index (χ0n) is 9.69. The van der Waals surface area contributed by atoms with E-state index in [2.05, 4.69) is 12.6 Å². The van der Waals surface area contributed by atoms with E-state index in [1.54, 1.807) is 24.3 Å². The Bertz CT molecular complexity index is 352. The third-order valence-electron chi connectivity index (χ3n) is 1.61. The second kappa shape index (κ2) is 5.25. The number of ether oxygens (including phenoxy) is 2. The van der Waals surface area contributed by atoms with Crippen LogP contribution in [0.15, 0.2) is 29.2 Å². The van der Waals surface area contributed by atoms with Crippen molar-refractivity contribution in [1.29, 1.82) is 0 Å². The molecule has 1 rings (SSSR count). The Kier molecular flexibility index (Phi) is 4.24. The molecule has 16 heavy (non-hydrogen) atoms. The maximum atomic E-state index is 11.3. The predicted octanol–water partition coefficient (Wildman–Crippen LogP) is 2.70. The lowest BCUT2D eigenvalue weighted by atomic mass is 10.2. The number of carbonyl (C=O) groups excluding carboxylic acids is 1. The Balaban J connectivity index is 2.40. The zero-order valence-corrected chi connectivity index (χ0v) is 10.6. The van der Waals surface area contributed by atoms with Gasteiger partial charge in [0.25, 0.3) is 0 Å². The second-order valence-electron chi connectivity index (χ2n) is 4.37. The highest BCUT2D eigenvalue weighted by atomic mass is 32.1. The van der Waals surface area contributed by atoms with E-state index in [-0.39, 0.29) is 12.6 Å². The Morgan fingerprint density at radius 2 is 1.81 bits per heavy atom. The first kappa shape index (κ1) is 12.9. The largest absolute Gasteiger partial charge is 0.482 e. The fourth-order valence-corrected chi connectivity index (χ4v) is 1.20. The van der Waals surface area contributed by atoms with Gasteiger partial charge in [0, 0.05) is 4.90 Å². The standard InChI is InChI=1S/C12H16O3S/c1-12(2,3)15-11(13)8-14-9-4-6-10(16)7-5-9/h4-7,16H,8H2,1-3H3.